The minimum absolute atomic E-state index is 0. The van der Waals surface area contributed by atoms with Crippen molar-refractivity contribution < 1.29 is 21.7 Å². The van der Waals surface area contributed by atoms with Gasteiger partial charge in [-0.05, 0) is 61.6 Å². The van der Waals surface area contributed by atoms with Crippen LogP contribution in [0, 0.1) is 0 Å². The molecule has 2 aromatic rings. The predicted octanol–water partition coefficient (Wildman–Crippen LogP) is 3.56. The highest BCUT2D eigenvalue weighted by Crippen LogP contribution is 2.28. The Labute approximate surface area is 196 Å². The summed E-state index contributed by atoms with van der Waals surface area (Å²) >= 11 is 11.9. The number of carbonyl (C=O) groups excluding carboxylic acids is 1. The van der Waals surface area contributed by atoms with Crippen LogP contribution in [0.5, 0.6) is 0 Å². The third-order valence-electron chi connectivity index (χ3n) is 5.72. The van der Waals surface area contributed by atoms with Crippen molar-refractivity contribution in [2.75, 3.05) is 19.4 Å². The van der Waals surface area contributed by atoms with Gasteiger partial charge in [-0.1, -0.05) is 47.8 Å². The number of nitrogens with zero attached hydrogens (tertiary/aromatic N) is 1. The van der Waals surface area contributed by atoms with Gasteiger partial charge < -0.3 is 22.2 Å². The van der Waals surface area contributed by atoms with E-state index in [9.17, 15) is 4.79 Å². The van der Waals surface area contributed by atoms with Gasteiger partial charge in [0.15, 0.2) is 0 Å². The van der Waals surface area contributed by atoms with Crippen molar-refractivity contribution >= 4 is 40.9 Å². The van der Waals surface area contributed by atoms with Crippen LogP contribution in [0.4, 0.5) is 5.69 Å². The molecule has 0 aliphatic heterocycles. The fourth-order valence-electron chi connectivity index (χ4n) is 4.10. The van der Waals surface area contributed by atoms with Crippen LogP contribution in [0.3, 0.4) is 0 Å². The Morgan fingerprint density at radius 1 is 1.07 bits per heavy atom. The lowest BCUT2D eigenvalue weighted by molar-refractivity contribution is -0.929. The first-order valence-corrected chi connectivity index (χ1v) is 10.9. The molecule has 1 amide bonds. The first-order valence-electron chi connectivity index (χ1n) is 10.2. The number of hydrogen-bond acceptors (Lipinski definition) is 1. The SMILES string of the molecule is C[N+](C)(Cc1cccc(NC(=O)/C=C/c2ccc(Cl)c(Cl)c2)c1)C1CCCCC1.[Cl-]. The lowest BCUT2D eigenvalue weighted by Gasteiger charge is -2.40. The maximum atomic E-state index is 12.3. The van der Waals surface area contributed by atoms with Gasteiger partial charge >= 0.3 is 0 Å². The van der Waals surface area contributed by atoms with Crippen LogP contribution in [0.2, 0.25) is 10.0 Å². The summed E-state index contributed by atoms with van der Waals surface area (Å²) in [6.07, 6.45) is 9.90. The molecular weight excluding hydrogens is 439 g/mol. The van der Waals surface area contributed by atoms with E-state index in [0.29, 0.717) is 10.0 Å². The fraction of sp³-hybridized carbons (Fsp3) is 0.375. The minimum atomic E-state index is -0.172. The third kappa shape index (κ3) is 7.02. The average Bonchev–Trinajstić information content (AvgIpc) is 2.69. The summed E-state index contributed by atoms with van der Waals surface area (Å²) in [5, 5.41) is 3.92. The van der Waals surface area contributed by atoms with Crippen LogP contribution >= 0.6 is 23.2 Å². The molecule has 0 bridgehead atoms. The first-order chi connectivity index (χ1) is 13.8. The van der Waals surface area contributed by atoms with Crippen molar-refractivity contribution in [2.24, 2.45) is 0 Å². The van der Waals surface area contributed by atoms with Gasteiger partial charge in [-0.2, -0.15) is 0 Å². The van der Waals surface area contributed by atoms with Gasteiger partial charge in [0.05, 0.1) is 30.2 Å². The smallest absolute Gasteiger partial charge is 0.248 e. The van der Waals surface area contributed by atoms with Crippen LogP contribution in [0.25, 0.3) is 6.08 Å². The molecule has 0 heterocycles. The van der Waals surface area contributed by atoms with E-state index in [2.05, 4.69) is 31.5 Å². The Morgan fingerprint density at radius 3 is 2.50 bits per heavy atom. The van der Waals surface area contributed by atoms with Gasteiger partial charge in [0, 0.05) is 17.3 Å². The molecule has 1 aliphatic rings. The highest BCUT2D eigenvalue weighted by molar-refractivity contribution is 6.42. The predicted molar refractivity (Wildman–Crippen MR) is 123 cm³/mol. The fourth-order valence-corrected chi connectivity index (χ4v) is 4.41. The van der Waals surface area contributed by atoms with E-state index in [4.69, 9.17) is 23.2 Å². The van der Waals surface area contributed by atoms with Crippen LogP contribution < -0.4 is 17.7 Å². The van der Waals surface area contributed by atoms with Gasteiger partial charge in [-0.25, -0.2) is 0 Å². The summed E-state index contributed by atoms with van der Waals surface area (Å²) in [5.41, 5.74) is 2.89. The normalized spacial score (nSPS) is 15.1. The Bertz CT molecular complexity index is 890. The van der Waals surface area contributed by atoms with E-state index < -0.39 is 0 Å². The van der Waals surface area contributed by atoms with Crippen LogP contribution in [-0.4, -0.2) is 30.5 Å². The minimum Gasteiger partial charge on any atom is -1.00 e. The molecule has 3 nitrogen and oxygen atoms in total. The quantitative estimate of drug-likeness (QED) is 0.511. The summed E-state index contributed by atoms with van der Waals surface area (Å²) < 4.78 is 0.995. The molecule has 162 valence electrons. The molecule has 30 heavy (non-hydrogen) atoms. The maximum absolute atomic E-state index is 12.3. The van der Waals surface area contributed by atoms with Crippen molar-refractivity contribution in [2.45, 2.75) is 44.7 Å². The number of amides is 1. The molecule has 0 atom stereocenters. The highest BCUT2D eigenvalue weighted by atomic mass is 35.5. The van der Waals surface area contributed by atoms with E-state index in [1.54, 1.807) is 18.2 Å². The second-order valence-corrected chi connectivity index (χ2v) is 9.24. The summed E-state index contributed by atoms with van der Waals surface area (Å²) in [4.78, 5) is 12.3. The van der Waals surface area contributed by atoms with Crippen LogP contribution in [0.15, 0.2) is 48.5 Å². The second kappa shape index (κ2) is 11.2. The van der Waals surface area contributed by atoms with Crippen molar-refractivity contribution in [1.29, 1.82) is 0 Å². The van der Waals surface area contributed by atoms with Gasteiger partial charge in [0.25, 0.3) is 0 Å². The number of hydrogen-bond donors (Lipinski definition) is 1. The molecule has 2 aromatic carbocycles. The molecule has 1 saturated carbocycles. The first kappa shape index (κ1) is 24.7. The molecule has 0 saturated heterocycles. The number of quaternary nitrogens is 1. The van der Waals surface area contributed by atoms with Gasteiger partial charge in [0.2, 0.25) is 5.91 Å². The van der Waals surface area contributed by atoms with Crippen molar-refractivity contribution in [3.05, 3.63) is 69.7 Å². The topological polar surface area (TPSA) is 29.1 Å². The molecular formula is C24H29Cl3N2O. The molecule has 1 fully saturated rings. The lowest BCUT2D eigenvalue weighted by atomic mass is 9.92. The van der Waals surface area contributed by atoms with Crippen LogP contribution in [0.1, 0.15) is 43.2 Å². The summed E-state index contributed by atoms with van der Waals surface area (Å²) in [6.45, 7) is 0.966. The van der Waals surface area contributed by atoms with Crippen molar-refractivity contribution in [1.82, 2.24) is 0 Å². The number of rotatable bonds is 6. The zero-order chi connectivity index (χ0) is 20.9. The summed E-state index contributed by atoms with van der Waals surface area (Å²) in [7, 11) is 4.64. The highest BCUT2D eigenvalue weighted by Gasteiger charge is 2.29. The van der Waals surface area contributed by atoms with Gasteiger partial charge in [-0.3, -0.25) is 4.79 Å². The van der Waals surface area contributed by atoms with E-state index in [1.165, 1.54) is 43.7 Å². The van der Waals surface area contributed by atoms with Gasteiger partial charge in [0.1, 0.15) is 6.54 Å². The van der Waals surface area contributed by atoms with E-state index >= 15 is 0 Å². The number of benzene rings is 2. The lowest BCUT2D eigenvalue weighted by Crippen LogP contribution is -3.00. The number of carbonyl (C=O) groups is 1. The van der Waals surface area contributed by atoms with Crippen molar-refractivity contribution in [3.8, 4) is 0 Å². The monoisotopic (exact) mass is 466 g/mol. The Morgan fingerprint density at radius 2 is 1.80 bits per heavy atom. The average molecular weight is 468 g/mol. The second-order valence-electron chi connectivity index (χ2n) is 8.43. The molecule has 0 unspecified atom stereocenters. The van der Waals surface area contributed by atoms with Crippen molar-refractivity contribution in [3.63, 3.8) is 0 Å². The summed E-state index contributed by atoms with van der Waals surface area (Å²) in [6, 6.07) is 14.2. The number of anilines is 1. The Balaban J connectivity index is 0.00000320. The Hall–Kier alpha value is -1.52. The van der Waals surface area contributed by atoms with E-state index in [-0.39, 0.29) is 18.3 Å². The maximum Gasteiger partial charge on any atom is 0.248 e. The molecule has 3 rings (SSSR count). The zero-order valence-corrected chi connectivity index (χ0v) is 19.8. The van der Waals surface area contributed by atoms with E-state index in [0.717, 1.165) is 28.3 Å². The molecule has 6 heteroatoms. The Kier molecular flexibility index (Phi) is 9.24. The molecule has 0 aromatic heterocycles. The largest absolute Gasteiger partial charge is 1.00 e. The van der Waals surface area contributed by atoms with Crippen LogP contribution in [-0.2, 0) is 11.3 Å². The summed E-state index contributed by atoms with van der Waals surface area (Å²) in [5.74, 6) is -0.172. The molecule has 1 aliphatic carbocycles. The van der Waals surface area contributed by atoms with Gasteiger partial charge in [-0.15, -0.1) is 0 Å². The molecule has 0 radical (unpaired) electrons. The van der Waals surface area contributed by atoms with E-state index in [1.807, 2.05) is 18.2 Å². The number of nitrogens with one attached hydrogen (secondary N) is 1. The molecule has 1 N–H and O–H groups in total. The third-order valence-corrected chi connectivity index (χ3v) is 6.46. The standard InChI is InChI=1S/C24H28Cl2N2O.ClH/c1-28(2,21-9-4-3-5-10-21)17-19-7-6-8-20(15-19)27-24(29)14-12-18-11-13-22(25)23(26)16-18;/h6-8,11-16,21H,3-5,9-10,17H2,1-2H3;1H/b14-12+;. The molecule has 0 spiro atoms. The number of halogens is 3. The zero-order valence-electron chi connectivity index (χ0n) is 17.5.